The van der Waals surface area contributed by atoms with Crippen molar-refractivity contribution in [1.82, 2.24) is 20.1 Å². The van der Waals surface area contributed by atoms with E-state index < -0.39 is 0 Å². The molecule has 0 bridgehead atoms. The van der Waals surface area contributed by atoms with Gasteiger partial charge in [0.1, 0.15) is 0 Å². The smallest absolute Gasteiger partial charge is 0.0670 e. The van der Waals surface area contributed by atoms with Crippen LogP contribution in [0.25, 0.3) is 17.0 Å². The van der Waals surface area contributed by atoms with Crippen LogP contribution in [-0.2, 0) is 7.05 Å². The van der Waals surface area contributed by atoms with Crippen LogP contribution in [0.2, 0.25) is 0 Å². The lowest BCUT2D eigenvalue weighted by Crippen LogP contribution is -2.07. The minimum atomic E-state index is 0.922. The summed E-state index contributed by atoms with van der Waals surface area (Å²) in [6.45, 7) is 6.09. The second-order valence-electron chi connectivity index (χ2n) is 3.83. The first-order chi connectivity index (χ1) is 7.65. The third kappa shape index (κ3) is 1.52. The molecule has 2 rings (SSSR count). The van der Waals surface area contributed by atoms with Gasteiger partial charge in [0.25, 0.3) is 0 Å². The van der Waals surface area contributed by atoms with Gasteiger partial charge in [0.2, 0.25) is 0 Å². The maximum Gasteiger partial charge on any atom is 0.0670 e. The molecule has 0 amide bonds. The molecule has 0 fully saturated rings. The summed E-state index contributed by atoms with van der Waals surface area (Å²) in [5.41, 5.74) is 5.43. The minimum Gasteiger partial charge on any atom is -0.387 e. The first-order valence-electron chi connectivity index (χ1n) is 5.18. The van der Waals surface area contributed by atoms with Crippen LogP contribution < -0.4 is 5.32 Å². The quantitative estimate of drug-likeness (QED) is 0.823. The van der Waals surface area contributed by atoms with E-state index >= 15 is 0 Å². The van der Waals surface area contributed by atoms with Crippen molar-refractivity contribution in [2.75, 3.05) is 7.05 Å². The van der Waals surface area contributed by atoms with E-state index in [1.165, 1.54) is 5.56 Å². The fourth-order valence-corrected chi connectivity index (χ4v) is 1.98. The predicted molar refractivity (Wildman–Crippen MR) is 65.8 cm³/mol. The molecule has 2 N–H and O–H groups in total. The summed E-state index contributed by atoms with van der Waals surface area (Å²) < 4.78 is 2.07. The molecular formula is C12H16N4. The summed E-state index contributed by atoms with van der Waals surface area (Å²) in [6.07, 6.45) is 3.84. The molecule has 0 aliphatic rings. The second-order valence-corrected chi connectivity index (χ2v) is 3.83. The lowest BCUT2D eigenvalue weighted by molar-refractivity contribution is 0.889. The number of aromatic nitrogens is 3. The van der Waals surface area contributed by atoms with Gasteiger partial charge in [-0.2, -0.15) is 5.10 Å². The van der Waals surface area contributed by atoms with Gasteiger partial charge in [0.15, 0.2) is 0 Å². The van der Waals surface area contributed by atoms with Crippen LogP contribution in [0.4, 0.5) is 0 Å². The Balaban J connectivity index is 2.55. The van der Waals surface area contributed by atoms with Gasteiger partial charge >= 0.3 is 0 Å². The molecule has 0 aromatic carbocycles. The van der Waals surface area contributed by atoms with Crippen molar-refractivity contribution in [1.29, 1.82) is 0 Å². The van der Waals surface area contributed by atoms with Gasteiger partial charge in [0.05, 0.1) is 17.1 Å². The van der Waals surface area contributed by atoms with Crippen molar-refractivity contribution in [3.63, 3.8) is 0 Å². The van der Waals surface area contributed by atoms with E-state index in [0.29, 0.717) is 0 Å². The van der Waals surface area contributed by atoms with Crippen molar-refractivity contribution >= 4 is 5.70 Å². The van der Waals surface area contributed by atoms with Gasteiger partial charge < -0.3 is 9.88 Å². The zero-order valence-electron chi connectivity index (χ0n) is 9.83. The molecule has 2 aromatic rings. The maximum atomic E-state index is 4.00. The van der Waals surface area contributed by atoms with Crippen molar-refractivity contribution < 1.29 is 0 Å². The Morgan fingerprint density at radius 2 is 2.31 bits per heavy atom. The maximum absolute atomic E-state index is 4.00. The normalized spacial score (nSPS) is 10.4. The Hall–Kier alpha value is -1.97. The zero-order valence-corrected chi connectivity index (χ0v) is 9.83. The summed E-state index contributed by atoms with van der Waals surface area (Å²) in [5, 5.41) is 10.0. The number of aromatic amines is 1. The standard InChI is InChI=1S/C12H16N4/c1-8-10(11-5-6-14-15-11)7-16(4)12(8)9(2)13-3/h5-7,13H,2H2,1,3-4H3,(H,14,15). The predicted octanol–water partition coefficient (Wildman–Crippen LogP) is 1.91. The lowest BCUT2D eigenvalue weighted by Gasteiger charge is -2.07. The first-order valence-corrected chi connectivity index (χ1v) is 5.18. The van der Waals surface area contributed by atoms with Gasteiger partial charge in [-0.3, -0.25) is 5.10 Å². The van der Waals surface area contributed by atoms with Crippen LogP contribution in [0.1, 0.15) is 11.3 Å². The van der Waals surface area contributed by atoms with E-state index in [0.717, 1.165) is 22.6 Å². The Morgan fingerprint density at radius 3 is 2.88 bits per heavy atom. The van der Waals surface area contributed by atoms with Crippen LogP contribution in [-0.4, -0.2) is 21.8 Å². The van der Waals surface area contributed by atoms with Gasteiger partial charge in [-0.1, -0.05) is 6.58 Å². The number of rotatable bonds is 3. The van der Waals surface area contributed by atoms with Crippen molar-refractivity contribution in [3.8, 4) is 11.3 Å². The van der Waals surface area contributed by atoms with Crippen molar-refractivity contribution in [2.45, 2.75) is 6.92 Å². The highest BCUT2D eigenvalue weighted by Gasteiger charge is 2.14. The topological polar surface area (TPSA) is 45.6 Å². The van der Waals surface area contributed by atoms with E-state index in [9.17, 15) is 0 Å². The number of hydrogen-bond donors (Lipinski definition) is 2. The highest BCUT2D eigenvalue weighted by atomic mass is 15.1. The van der Waals surface area contributed by atoms with Crippen LogP contribution in [0.5, 0.6) is 0 Å². The molecule has 0 saturated heterocycles. The van der Waals surface area contributed by atoms with E-state index in [2.05, 4.69) is 39.8 Å². The van der Waals surface area contributed by atoms with Gasteiger partial charge in [-0.25, -0.2) is 0 Å². The van der Waals surface area contributed by atoms with E-state index in [-0.39, 0.29) is 0 Å². The fraction of sp³-hybridized carbons (Fsp3) is 0.250. The largest absolute Gasteiger partial charge is 0.387 e. The highest BCUT2D eigenvalue weighted by Crippen LogP contribution is 2.27. The summed E-state index contributed by atoms with van der Waals surface area (Å²) >= 11 is 0. The Kier molecular flexibility index (Phi) is 2.56. The van der Waals surface area contributed by atoms with E-state index in [1.807, 2.05) is 20.2 Å². The summed E-state index contributed by atoms with van der Waals surface area (Å²) in [7, 11) is 3.90. The Bertz CT molecular complexity index is 505. The van der Waals surface area contributed by atoms with Gasteiger partial charge in [0, 0.05) is 32.1 Å². The molecule has 0 saturated carbocycles. The number of nitrogens with one attached hydrogen (secondary N) is 2. The molecule has 0 spiro atoms. The van der Waals surface area contributed by atoms with Crippen molar-refractivity contribution in [3.05, 3.63) is 36.3 Å². The van der Waals surface area contributed by atoms with Gasteiger partial charge in [-0.15, -0.1) is 0 Å². The number of H-pyrrole nitrogens is 1. The molecule has 0 unspecified atom stereocenters. The van der Waals surface area contributed by atoms with Crippen LogP contribution in [0.15, 0.2) is 25.0 Å². The SMILES string of the molecule is C=C(NC)c1c(C)c(-c2ccn[nH]2)cn1C. The molecule has 0 radical (unpaired) electrons. The fourth-order valence-electron chi connectivity index (χ4n) is 1.98. The van der Waals surface area contributed by atoms with Gasteiger partial charge in [-0.05, 0) is 18.6 Å². The summed E-state index contributed by atoms with van der Waals surface area (Å²) in [5.74, 6) is 0. The lowest BCUT2D eigenvalue weighted by atomic mass is 10.1. The summed E-state index contributed by atoms with van der Waals surface area (Å²) in [6, 6.07) is 1.97. The number of aryl methyl sites for hydroxylation is 1. The third-order valence-corrected chi connectivity index (χ3v) is 2.81. The molecular weight excluding hydrogens is 200 g/mol. The Labute approximate surface area is 95.0 Å². The molecule has 4 nitrogen and oxygen atoms in total. The van der Waals surface area contributed by atoms with Crippen LogP contribution in [0.3, 0.4) is 0 Å². The second kappa shape index (κ2) is 3.89. The molecule has 4 heteroatoms. The Morgan fingerprint density at radius 1 is 1.56 bits per heavy atom. The molecule has 0 aliphatic carbocycles. The average molecular weight is 216 g/mol. The molecule has 2 aromatic heterocycles. The van der Waals surface area contributed by atoms with Crippen LogP contribution in [0, 0.1) is 6.92 Å². The first kappa shape index (κ1) is 10.5. The molecule has 0 aliphatic heterocycles. The van der Waals surface area contributed by atoms with E-state index in [4.69, 9.17) is 0 Å². The molecule has 16 heavy (non-hydrogen) atoms. The third-order valence-electron chi connectivity index (χ3n) is 2.81. The molecule has 0 atom stereocenters. The average Bonchev–Trinajstić information content (AvgIpc) is 2.86. The minimum absolute atomic E-state index is 0.922. The van der Waals surface area contributed by atoms with E-state index in [1.54, 1.807) is 6.20 Å². The highest BCUT2D eigenvalue weighted by molar-refractivity contribution is 5.73. The zero-order chi connectivity index (χ0) is 11.7. The van der Waals surface area contributed by atoms with Crippen molar-refractivity contribution in [2.24, 2.45) is 7.05 Å². The summed E-state index contributed by atoms with van der Waals surface area (Å²) in [4.78, 5) is 0. The monoisotopic (exact) mass is 216 g/mol. The number of nitrogens with zero attached hydrogens (tertiary/aromatic N) is 2. The number of hydrogen-bond acceptors (Lipinski definition) is 2. The van der Waals surface area contributed by atoms with Crippen LogP contribution >= 0.6 is 0 Å². The molecule has 2 heterocycles. The molecule has 84 valence electrons.